The third-order valence-electron chi connectivity index (χ3n) is 4.47. The van der Waals surface area contributed by atoms with Gasteiger partial charge >= 0.3 is 5.97 Å². The van der Waals surface area contributed by atoms with Crippen molar-refractivity contribution in [2.24, 2.45) is 0 Å². The molecule has 0 spiro atoms. The smallest absolute Gasteiger partial charge is 0.341 e. The predicted octanol–water partition coefficient (Wildman–Crippen LogP) is 1.44. The average molecular weight is 450 g/mol. The lowest BCUT2D eigenvalue weighted by atomic mass is 10.1. The molecule has 166 valence electrons. The number of thioether (sulfide) groups is 1. The van der Waals surface area contributed by atoms with Gasteiger partial charge in [0.15, 0.2) is 18.1 Å². The van der Waals surface area contributed by atoms with Crippen LogP contribution in [0.1, 0.15) is 12.5 Å². The molecule has 2 aliphatic heterocycles. The minimum Gasteiger partial charge on any atom is -0.490 e. The molecule has 2 heterocycles. The molecule has 11 heteroatoms. The van der Waals surface area contributed by atoms with Crippen molar-refractivity contribution in [2.45, 2.75) is 6.92 Å². The molecule has 0 saturated carbocycles. The van der Waals surface area contributed by atoms with E-state index in [0.717, 1.165) is 4.90 Å². The van der Waals surface area contributed by atoms with Crippen LogP contribution in [0.25, 0.3) is 6.08 Å². The van der Waals surface area contributed by atoms with Crippen molar-refractivity contribution >= 4 is 40.9 Å². The molecule has 1 N–H and O–H groups in total. The van der Waals surface area contributed by atoms with E-state index < -0.39 is 23.7 Å². The number of rotatable bonds is 8. The van der Waals surface area contributed by atoms with Crippen molar-refractivity contribution < 1.29 is 38.5 Å². The number of carboxylic acid groups (broad SMARTS) is 1. The molecular formula is C20H22N2O8S. The number of benzene rings is 1. The summed E-state index contributed by atoms with van der Waals surface area (Å²) in [4.78, 5) is 51.1. The summed E-state index contributed by atoms with van der Waals surface area (Å²) in [5.74, 6) is -1.61. The van der Waals surface area contributed by atoms with E-state index in [2.05, 4.69) is 0 Å². The van der Waals surface area contributed by atoms with Crippen LogP contribution in [0.15, 0.2) is 23.1 Å². The summed E-state index contributed by atoms with van der Waals surface area (Å²) in [6.45, 7) is 2.83. The minimum atomic E-state index is -1.17. The van der Waals surface area contributed by atoms with Gasteiger partial charge in [0.05, 0.1) is 24.7 Å². The van der Waals surface area contributed by atoms with Crippen molar-refractivity contribution in [3.8, 4) is 11.5 Å². The predicted molar refractivity (Wildman–Crippen MR) is 111 cm³/mol. The fraction of sp³-hybridized carbons (Fsp3) is 0.400. The van der Waals surface area contributed by atoms with Crippen LogP contribution in [-0.4, -0.2) is 84.0 Å². The average Bonchev–Trinajstić information content (AvgIpc) is 3.01. The molecule has 3 amide bonds. The highest BCUT2D eigenvalue weighted by Gasteiger charge is 2.37. The summed E-state index contributed by atoms with van der Waals surface area (Å²) in [6, 6.07) is 4.90. The molecule has 0 radical (unpaired) electrons. The molecule has 2 aliphatic rings. The summed E-state index contributed by atoms with van der Waals surface area (Å²) in [6.07, 6.45) is 1.43. The molecule has 0 atom stereocenters. The largest absolute Gasteiger partial charge is 0.490 e. The number of aliphatic carboxylic acids is 1. The molecule has 1 aromatic carbocycles. The van der Waals surface area contributed by atoms with Gasteiger partial charge in [0.2, 0.25) is 5.91 Å². The van der Waals surface area contributed by atoms with E-state index in [1.54, 1.807) is 30.0 Å². The van der Waals surface area contributed by atoms with Crippen LogP contribution in [0.2, 0.25) is 0 Å². The van der Waals surface area contributed by atoms with Crippen molar-refractivity contribution in [1.29, 1.82) is 0 Å². The quantitative estimate of drug-likeness (QED) is 0.586. The Kier molecular flexibility index (Phi) is 7.53. The number of nitrogens with zero attached hydrogens (tertiary/aromatic N) is 2. The van der Waals surface area contributed by atoms with Gasteiger partial charge in [0, 0.05) is 18.7 Å². The Balaban J connectivity index is 1.81. The van der Waals surface area contributed by atoms with Gasteiger partial charge in [0.25, 0.3) is 11.1 Å². The number of ether oxygens (including phenoxy) is 3. The Morgan fingerprint density at radius 1 is 1.23 bits per heavy atom. The second-order valence-corrected chi connectivity index (χ2v) is 7.54. The molecule has 0 unspecified atom stereocenters. The number of imide groups is 1. The molecule has 1 aromatic rings. The first-order chi connectivity index (χ1) is 14.9. The van der Waals surface area contributed by atoms with Gasteiger partial charge in [0.1, 0.15) is 6.54 Å². The first-order valence-electron chi connectivity index (χ1n) is 9.62. The number of hydrogen-bond donors (Lipinski definition) is 1. The highest BCUT2D eigenvalue weighted by molar-refractivity contribution is 8.18. The summed E-state index contributed by atoms with van der Waals surface area (Å²) in [5, 5.41) is 8.39. The number of carbonyl (C=O) groups excluding carboxylic acids is 3. The highest BCUT2D eigenvalue weighted by atomic mass is 32.2. The lowest BCUT2D eigenvalue weighted by molar-refractivity contribution is -0.139. The molecule has 2 fully saturated rings. The summed E-state index contributed by atoms with van der Waals surface area (Å²) in [5.41, 5.74) is 0.386. The Bertz CT molecular complexity index is 910. The highest BCUT2D eigenvalue weighted by Crippen LogP contribution is 2.37. The number of amides is 3. The maximum absolute atomic E-state index is 12.8. The molecule has 2 saturated heterocycles. The number of hydrogen-bond acceptors (Lipinski definition) is 8. The van der Waals surface area contributed by atoms with Gasteiger partial charge in [-0.3, -0.25) is 19.3 Å². The molecular weight excluding hydrogens is 428 g/mol. The monoisotopic (exact) mass is 450 g/mol. The Labute approximate surface area is 182 Å². The Morgan fingerprint density at radius 3 is 2.65 bits per heavy atom. The van der Waals surface area contributed by atoms with Crippen LogP contribution in [0.3, 0.4) is 0 Å². The number of carboxylic acids is 1. The normalized spacial score (nSPS) is 17.9. The van der Waals surface area contributed by atoms with Crippen LogP contribution in [0.5, 0.6) is 11.5 Å². The molecule has 0 bridgehead atoms. The third kappa shape index (κ3) is 5.56. The standard InChI is InChI=1S/C20H22N2O8S/c1-2-29-14-5-3-4-13(18(14)30-12-17(24)25)10-15-19(26)22(20(27)31-15)11-16(23)21-6-8-28-9-7-21/h3-5,10H,2,6-9,11-12H2,1H3,(H,24,25)/b15-10-. The Hall–Kier alpha value is -3.05. The first-order valence-corrected chi connectivity index (χ1v) is 10.4. The second-order valence-electron chi connectivity index (χ2n) is 6.55. The van der Waals surface area contributed by atoms with Crippen molar-refractivity contribution in [3.63, 3.8) is 0 Å². The van der Waals surface area contributed by atoms with Gasteiger partial charge in [-0.05, 0) is 30.8 Å². The van der Waals surface area contributed by atoms with Crippen molar-refractivity contribution in [2.75, 3.05) is 46.1 Å². The maximum atomic E-state index is 12.8. The molecule has 0 aliphatic carbocycles. The van der Waals surface area contributed by atoms with Gasteiger partial charge in [-0.2, -0.15) is 0 Å². The Morgan fingerprint density at radius 2 is 1.97 bits per heavy atom. The van der Waals surface area contributed by atoms with Crippen LogP contribution >= 0.6 is 11.8 Å². The molecule has 0 aromatic heterocycles. The van der Waals surface area contributed by atoms with Gasteiger partial charge in [-0.1, -0.05) is 12.1 Å². The van der Waals surface area contributed by atoms with E-state index in [-0.39, 0.29) is 23.1 Å². The number of morpholine rings is 1. The number of para-hydroxylation sites is 1. The molecule has 3 rings (SSSR count). The first kappa shape index (κ1) is 22.6. The van der Waals surface area contributed by atoms with E-state index in [1.807, 2.05) is 0 Å². The zero-order chi connectivity index (χ0) is 22.4. The lowest BCUT2D eigenvalue weighted by Gasteiger charge is -2.28. The third-order valence-corrected chi connectivity index (χ3v) is 5.37. The van der Waals surface area contributed by atoms with Crippen LogP contribution in [0.4, 0.5) is 4.79 Å². The van der Waals surface area contributed by atoms with Crippen LogP contribution in [-0.2, 0) is 19.1 Å². The summed E-state index contributed by atoms with van der Waals surface area (Å²) < 4.78 is 16.1. The van der Waals surface area contributed by atoms with Gasteiger partial charge in [-0.25, -0.2) is 4.79 Å². The maximum Gasteiger partial charge on any atom is 0.341 e. The minimum absolute atomic E-state index is 0.105. The van der Waals surface area contributed by atoms with E-state index >= 15 is 0 Å². The van der Waals surface area contributed by atoms with Crippen molar-refractivity contribution in [1.82, 2.24) is 9.80 Å². The van der Waals surface area contributed by atoms with Crippen LogP contribution < -0.4 is 9.47 Å². The SMILES string of the molecule is CCOc1cccc(/C=C2\SC(=O)N(CC(=O)N3CCOCC3)C2=O)c1OCC(=O)O. The zero-order valence-electron chi connectivity index (χ0n) is 16.9. The van der Waals surface area contributed by atoms with Gasteiger partial charge < -0.3 is 24.2 Å². The lowest BCUT2D eigenvalue weighted by Crippen LogP contribution is -2.46. The second kappa shape index (κ2) is 10.3. The summed E-state index contributed by atoms with van der Waals surface area (Å²) >= 11 is 0.708. The van der Waals surface area contributed by atoms with Crippen LogP contribution in [0, 0.1) is 0 Å². The molecule has 10 nitrogen and oxygen atoms in total. The van der Waals surface area contributed by atoms with E-state index in [0.29, 0.717) is 56.0 Å². The van der Waals surface area contributed by atoms with Crippen molar-refractivity contribution in [3.05, 3.63) is 28.7 Å². The zero-order valence-corrected chi connectivity index (χ0v) is 17.7. The van der Waals surface area contributed by atoms with E-state index in [9.17, 15) is 19.2 Å². The summed E-state index contributed by atoms with van der Waals surface area (Å²) in [7, 11) is 0. The van der Waals surface area contributed by atoms with E-state index in [1.165, 1.54) is 6.08 Å². The molecule has 31 heavy (non-hydrogen) atoms. The topological polar surface area (TPSA) is 123 Å². The van der Waals surface area contributed by atoms with E-state index in [4.69, 9.17) is 19.3 Å². The number of carbonyl (C=O) groups is 4. The fourth-order valence-corrected chi connectivity index (χ4v) is 3.86. The van der Waals surface area contributed by atoms with Gasteiger partial charge in [-0.15, -0.1) is 0 Å². The fourth-order valence-electron chi connectivity index (χ4n) is 3.03.